The lowest BCUT2D eigenvalue weighted by molar-refractivity contribution is 0.320. The van der Waals surface area contributed by atoms with Crippen LogP contribution < -0.4 is 4.74 Å². The van der Waals surface area contributed by atoms with E-state index in [1.54, 1.807) is 7.11 Å². The molecule has 0 saturated carbocycles. The Labute approximate surface area is 157 Å². The van der Waals surface area contributed by atoms with Gasteiger partial charge in [-0.05, 0) is 40.6 Å². The van der Waals surface area contributed by atoms with Crippen LogP contribution in [0.2, 0.25) is 0 Å². The number of hydrogen-bond acceptors (Lipinski definition) is 2. The molecule has 0 saturated heterocycles. The Balaban J connectivity index is 1.76. The van der Waals surface area contributed by atoms with Crippen molar-refractivity contribution in [1.82, 2.24) is 4.90 Å². The minimum atomic E-state index is 0.201. The molecule has 0 fully saturated rings. The van der Waals surface area contributed by atoms with E-state index in [0.29, 0.717) is 0 Å². The number of ether oxygens (including phenoxy) is 1. The van der Waals surface area contributed by atoms with Crippen LogP contribution in [-0.2, 0) is 18.5 Å². The summed E-state index contributed by atoms with van der Waals surface area (Å²) in [6.07, 6.45) is 0. The second-order valence-electron chi connectivity index (χ2n) is 8.09. The van der Waals surface area contributed by atoms with Gasteiger partial charge in [0.1, 0.15) is 5.75 Å². The first-order chi connectivity index (χ1) is 12.4. The smallest absolute Gasteiger partial charge is 0.126 e. The van der Waals surface area contributed by atoms with Gasteiger partial charge in [0.15, 0.2) is 0 Å². The summed E-state index contributed by atoms with van der Waals surface area (Å²) in [6, 6.07) is 21.7. The summed E-state index contributed by atoms with van der Waals surface area (Å²) in [4.78, 5) is 2.36. The van der Waals surface area contributed by atoms with Gasteiger partial charge in [0.2, 0.25) is 0 Å². The quantitative estimate of drug-likeness (QED) is 0.580. The van der Waals surface area contributed by atoms with Gasteiger partial charge in [0.25, 0.3) is 0 Å². The zero-order chi connectivity index (χ0) is 18.7. The van der Waals surface area contributed by atoms with E-state index in [4.69, 9.17) is 4.74 Å². The summed E-state index contributed by atoms with van der Waals surface area (Å²) in [7, 11) is 3.91. The fourth-order valence-electron chi connectivity index (χ4n) is 3.42. The predicted molar refractivity (Wildman–Crippen MR) is 111 cm³/mol. The van der Waals surface area contributed by atoms with Crippen LogP contribution >= 0.6 is 0 Å². The van der Waals surface area contributed by atoms with Crippen molar-refractivity contribution in [1.29, 1.82) is 0 Å². The molecule has 0 heterocycles. The number of nitrogens with zero attached hydrogens (tertiary/aromatic N) is 1. The molecule has 0 N–H and O–H groups in total. The zero-order valence-electron chi connectivity index (χ0n) is 16.5. The Hall–Kier alpha value is -2.32. The molecule has 0 amide bonds. The molecule has 3 rings (SSSR count). The van der Waals surface area contributed by atoms with Crippen molar-refractivity contribution >= 4 is 10.8 Å². The average Bonchev–Trinajstić information content (AvgIpc) is 2.61. The Morgan fingerprint density at radius 3 is 2.08 bits per heavy atom. The lowest BCUT2D eigenvalue weighted by Gasteiger charge is -2.21. The average molecular weight is 348 g/mol. The van der Waals surface area contributed by atoms with Crippen molar-refractivity contribution in [3.8, 4) is 5.75 Å². The lowest BCUT2D eigenvalue weighted by Crippen LogP contribution is -2.18. The second kappa shape index (κ2) is 7.51. The second-order valence-corrected chi connectivity index (χ2v) is 8.09. The maximum atomic E-state index is 5.51. The molecule has 2 heteroatoms. The topological polar surface area (TPSA) is 12.5 Å². The van der Waals surface area contributed by atoms with Gasteiger partial charge in [0, 0.05) is 18.5 Å². The highest BCUT2D eigenvalue weighted by molar-refractivity contribution is 5.91. The fourth-order valence-corrected chi connectivity index (χ4v) is 3.42. The highest BCUT2D eigenvalue weighted by atomic mass is 16.5. The van der Waals surface area contributed by atoms with Crippen molar-refractivity contribution in [2.24, 2.45) is 0 Å². The standard InChI is InChI=1S/C24H29NO/c1-24(2,3)20-13-10-18(11-14-20)16-25(4)17-19-12-15-23(26-5)22-9-7-6-8-21(19)22/h6-15H,16-17H2,1-5H3. The predicted octanol–water partition coefficient (Wildman–Crippen LogP) is 5.78. The maximum absolute atomic E-state index is 5.51. The fraction of sp³-hybridized carbons (Fsp3) is 0.333. The first-order valence-corrected chi connectivity index (χ1v) is 9.21. The Morgan fingerprint density at radius 2 is 1.46 bits per heavy atom. The monoisotopic (exact) mass is 347 g/mol. The van der Waals surface area contributed by atoms with Crippen molar-refractivity contribution in [2.75, 3.05) is 14.2 Å². The molecule has 3 aromatic carbocycles. The van der Waals surface area contributed by atoms with Crippen LogP contribution in [0.4, 0.5) is 0 Å². The minimum Gasteiger partial charge on any atom is -0.496 e. The molecule has 0 radical (unpaired) electrons. The van der Waals surface area contributed by atoms with Crippen LogP contribution in [0.1, 0.15) is 37.5 Å². The first-order valence-electron chi connectivity index (χ1n) is 9.21. The lowest BCUT2D eigenvalue weighted by atomic mass is 9.87. The highest BCUT2D eigenvalue weighted by Gasteiger charge is 2.13. The summed E-state index contributed by atoms with van der Waals surface area (Å²) in [5.74, 6) is 0.935. The Kier molecular flexibility index (Phi) is 5.33. The van der Waals surface area contributed by atoms with Crippen LogP contribution in [0, 0.1) is 0 Å². The number of methoxy groups -OCH3 is 1. The molecule has 2 nitrogen and oxygen atoms in total. The van der Waals surface area contributed by atoms with Gasteiger partial charge in [-0.1, -0.05) is 75.4 Å². The summed E-state index contributed by atoms with van der Waals surface area (Å²) < 4.78 is 5.51. The normalized spacial score (nSPS) is 11.9. The summed E-state index contributed by atoms with van der Waals surface area (Å²) in [5.41, 5.74) is 4.26. The van der Waals surface area contributed by atoms with E-state index in [2.05, 4.69) is 93.4 Å². The van der Waals surface area contributed by atoms with Gasteiger partial charge in [-0.25, -0.2) is 0 Å². The first kappa shape index (κ1) is 18.5. The molecular formula is C24H29NO. The van der Waals surface area contributed by atoms with E-state index in [-0.39, 0.29) is 5.41 Å². The molecule has 26 heavy (non-hydrogen) atoms. The molecule has 0 unspecified atom stereocenters. The van der Waals surface area contributed by atoms with Crippen LogP contribution in [0.15, 0.2) is 60.7 Å². The van der Waals surface area contributed by atoms with Gasteiger partial charge in [-0.3, -0.25) is 4.90 Å². The van der Waals surface area contributed by atoms with Crippen LogP contribution in [-0.4, -0.2) is 19.1 Å². The van der Waals surface area contributed by atoms with E-state index < -0.39 is 0 Å². The van der Waals surface area contributed by atoms with Crippen molar-refractivity contribution in [3.63, 3.8) is 0 Å². The van der Waals surface area contributed by atoms with E-state index in [9.17, 15) is 0 Å². The molecule has 0 atom stereocenters. The number of rotatable bonds is 5. The van der Waals surface area contributed by atoms with E-state index >= 15 is 0 Å². The molecular weight excluding hydrogens is 318 g/mol. The van der Waals surface area contributed by atoms with Crippen molar-refractivity contribution in [3.05, 3.63) is 77.4 Å². The number of fused-ring (bicyclic) bond motifs is 1. The molecule has 0 aliphatic rings. The minimum absolute atomic E-state index is 0.201. The molecule has 0 aliphatic heterocycles. The summed E-state index contributed by atoms with van der Waals surface area (Å²) in [6.45, 7) is 8.60. The SMILES string of the molecule is COc1ccc(CN(C)Cc2ccc(C(C)(C)C)cc2)c2ccccc12. The van der Waals surface area contributed by atoms with Crippen LogP contribution in [0.25, 0.3) is 10.8 Å². The largest absolute Gasteiger partial charge is 0.496 e. The third kappa shape index (κ3) is 4.08. The molecule has 136 valence electrons. The molecule has 0 spiro atoms. The summed E-state index contributed by atoms with van der Waals surface area (Å²) in [5, 5.41) is 2.44. The molecule has 0 bridgehead atoms. The molecule has 0 aromatic heterocycles. The van der Waals surface area contributed by atoms with Gasteiger partial charge >= 0.3 is 0 Å². The highest BCUT2D eigenvalue weighted by Crippen LogP contribution is 2.29. The third-order valence-electron chi connectivity index (χ3n) is 4.91. The Bertz CT molecular complexity index is 875. The molecule has 0 aliphatic carbocycles. The number of hydrogen-bond donors (Lipinski definition) is 0. The van der Waals surface area contributed by atoms with Gasteiger partial charge in [-0.2, -0.15) is 0 Å². The third-order valence-corrected chi connectivity index (χ3v) is 4.91. The van der Waals surface area contributed by atoms with Gasteiger partial charge in [-0.15, -0.1) is 0 Å². The van der Waals surface area contributed by atoms with E-state index in [1.165, 1.54) is 27.5 Å². The number of benzene rings is 3. The Morgan fingerprint density at radius 1 is 0.808 bits per heavy atom. The zero-order valence-corrected chi connectivity index (χ0v) is 16.5. The summed E-state index contributed by atoms with van der Waals surface area (Å²) >= 11 is 0. The molecule has 3 aromatic rings. The van der Waals surface area contributed by atoms with Crippen molar-refractivity contribution in [2.45, 2.75) is 39.3 Å². The van der Waals surface area contributed by atoms with Gasteiger partial charge in [0.05, 0.1) is 7.11 Å². The van der Waals surface area contributed by atoms with Crippen molar-refractivity contribution < 1.29 is 4.74 Å². The van der Waals surface area contributed by atoms with E-state index in [0.717, 1.165) is 18.8 Å². The maximum Gasteiger partial charge on any atom is 0.126 e. The van der Waals surface area contributed by atoms with Crippen LogP contribution in [0.3, 0.4) is 0 Å². The van der Waals surface area contributed by atoms with Crippen LogP contribution in [0.5, 0.6) is 5.75 Å². The van der Waals surface area contributed by atoms with Gasteiger partial charge < -0.3 is 4.74 Å². The van der Waals surface area contributed by atoms with E-state index in [1.807, 2.05) is 0 Å².